The Kier molecular flexibility index (Phi) is 4.60. The van der Waals surface area contributed by atoms with Crippen LogP contribution in [-0.2, 0) is 6.54 Å². The first-order valence-electron chi connectivity index (χ1n) is 5.49. The van der Waals surface area contributed by atoms with Crippen molar-refractivity contribution in [1.29, 1.82) is 0 Å². The fourth-order valence-corrected chi connectivity index (χ4v) is 1.35. The predicted molar refractivity (Wildman–Crippen MR) is 63.8 cm³/mol. The number of pyridine rings is 1. The maximum Gasteiger partial charge on any atom is 0.337 e. The summed E-state index contributed by atoms with van der Waals surface area (Å²) in [6.45, 7) is 4.67. The molecule has 5 heteroatoms. The Bertz CT molecular complexity index is 374. The number of aliphatic hydroxyl groups is 1. The Morgan fingerprint density at radius 3 is 2.65 bits per heavy atom. The van der Waals surface area contributed by atoms with Crippen LogP contribution in [0.3, 0.4) is 0 Å². The van der Waals surface area contributed by atoms with Crippen LogP contribution in [0, 0.1) is 0 Å². The monoisotopic (exact) mass is 238 g/mol. The van der Waals surface area contributed by atoms with Crippen LogP contribution in [0.2, 0.25) is 0 Å². The molecule has 17 heavy (non-hydrogen) atoms. The van der Waals surface area contributed by atoms with Gasteiger partial charge in [-0.05, 0) is 32.4 Å². The second kappa shape index (κ2) is 5.75. The molecule has 0 aliphatic carbocycles. The van der Waals surface area contributed by atoms with Gasteiger partial charge in [-0.25, -0.2) is 4.79 Å². The minimum absolute atomic E-state index is 0.130. The first-order valence-corrected chi connectivity index (χ1v) is 5.49. The van der Waals surface area contributed by atoms with Gasteiger partial charge >= 0.3 is 5.97 Å². The summed E-state index contributed by atoms with van der Waals surface area (Å²) in [6.07, 6.45) is 2.00. The van der Waals surface area contributed by atoms with Crippen molar-refractivity contribution in [1.82, 2.24) is 10.3 Å². The Labute approximate surface area is 101 Å². The summed E-state index contributed by atoms with van der Waals surface area (Å²) < 4.78 is 0. The topological polar surface area (TPSA) is 82.5 Å². The largest absolute Gasteiger partial charge is 0.478 e. The van der Waals surface area contributed by atoms with Gasteiger partial charge in [0.25, 0.3) is 0 Å². The van der Waals surface area contributed by atoms with Crippen LogP contribution in [0.5, 0.6) is 0 Å². The lowest BCUT2D eigenvalue weighted by atomic mass is 10.0. The molecule has 94 valence electrons. The number of nitrogens with zero attached hydrogens (tertiary/aromatic N) is 1. The molecule has 1 aromatic rings. The van der Waals surface area contributed by atoms with E-state index in [1.807, 2.05) is 13.8 Å². The number of aromatic carboxylic acids is 1. The fraction of sp³-hybridized carbons (Fsp3) is 0.500. The van der Waals surface area contributed by atoms with Gasteiger partial charge in [-0.3, -0.25) is 4.98 Å². The Morgan fingerprint density at radius 1 is 1.47 bits per heavy atom. The molecule has 5 nitrogen and oxygen atoms in total. The Morgan fingerprint density at radius 2 is 2.18 bits per heavy atom. The van der Waals surface area contributed by atoms with Crippen LogP contribution < -0.4 is 5.32 Å². The van der Waals surface area contributed by atoms with Crippen molar-refractivity contribution in [3.8, 4) is 0 Å². The molecule has 3 N–H and O–H groups in total. The third-order valence-electron chi connectivity index (χ3n) is 2.56. The molecule has 0 aliphatic heterocycles. The maximum atomic E-state index is 10.6. The number of rotatable bonds is 6. The van der Waals surface area contributed by atoms with Crippen molar-refractivity contribution < 1.29 is 15.0 Å². The van der Waals surface area contributed by atoms with Gasteiger partial charge in [0.05, 0.1) is 11.3 Å². The zero-order valence-electron chi connectivity index (χ0n) is 10.1. The van der Waals surface area contributed by atoms with E-state index in [9.17, 15) is 4.79 Å². The highest BCUT2D eigenvalue weighted by atomic mass is 16.4. The molecule has 0 amide bonds. The molecule has 0 aliphatic rings. The van der Waals surface area contributed by atoms with Gasteiger partial charge in [0.2, 0.25) is 0 Å². The van der Waals surface area contributed by atoms with Crippen molar-refractivity contribution in [2.24, 2.45) is 0 Å². The van der Waals surface area contributed by atoms with Gasteiger partial charge in [0.15, 0.2) is 0 Å². The first-order chi connectivity index (χ1) is 7.94. The van der Waals surface area contributed by atoms with Gasteiger partial charge < -0.3 is 15.5 Å². The molecule has 0 fully saturated rings. The molecule has 0 unspecified atom stereocenters. The molecule has 0 bridgehead atoms. The molecule has 0 atom stereocenters. The van der Waals surface area contributed by atoms with E-state index in [1.54, 1.807) is 6.07 Å². The molecule has 1 heterocycles. The quantitative estimate of drug-likeness (QED) is 0.689. The van der Waals surface area contributed by atoms with Crippen molar-refractivity contribution >= 4 is 5.97 Å². The molecule has 0 saturated heterocycles. The SMILES string of the molecule is CC(C)(CCO)NCc1ccc(C(=O)O)cn1. The highest BCUT2D eigenvalue weighted by molar-refractivity contribution is 5.87. The molecular formula is C12H18N2O3. The Hall–Kier alpha value is -1.46. The van der Waals surface area contributed by atoms with Gasteiger partial charge in [-0.1, -0.05) is 0 Å². The lowest BCUT2D eigenvalue weighted by Gasteiger charge is -2.25. The number of aromatic nitrogens is 1. The van der Waals surface area contributed by atoms with E-state index in [0.717, 1.165) is 5.69 Å². The van der Waals surface area contributed by atoms with E-state index in [0.29, 0.717) is 13.0 Å². The predicted octanol–water partition coefficient (Wildman–Crippen LogP) is 1.03. The van der Waals surface area contributed by atoms with Gasteiger partial charge in [0.1, 0.15) is 0 Å². The van der Waals surface area contributed by atoms with Crippen molar-refractivity contribution in [3.63, 3.8) is 0 Å². The highest BCUT2D eigenvalue weighted by Crippen LogP contribution is 2.09. The minimum Gasteiger partial charge on any atom is -0.478 e. The molecule has 0 saturated carbocycles. The number of carbonyl (C=O) groups is 1. The molecular weight excluding hydrogens is 220 g/mol. The third kappa shape index (κ3) is 4.50. The smallest absolute Gasteiger partial charge is 0.337 e. The molecule has 0 spiro atoms. The summed E-state index contributed by atoms with van der Waals surface area (Å²) in [6, 6.07) is 3.22. The van der Waals surface area contributed by atoms with Gasteiger partial charge in [-0.15, -0.1) is 0 Å². The van der Waals surface area contributed by atoms with Crippen molar-refractivity contribution in [2.75, 3.05) is 6.61 Å². The number of aliphatic hydroxyl groups excluding tert-OH is 1. The van der Waals surface area contributed by atoms with Crippen molar-refractivity contribution in [2.45, 2.75) is 32.4 Å². The number of carboxylic acid groups (broad SMARTS) is 1. The van der Waals surface area contributed by atoms with E-state index in [4.69, 9.17) is 10.2 Å². The average molecular weight is 238 g/mol. The Balaban J connectivity index is 2.55. The summed E-state index contributed by atoms with van der Waals surface area (Å²) >= 11 is 0. The van der Waals surface area contributed by atoms with Gasteiger partial charge in [-0.2, -0.15) is 0 Å². The number of carboxylic acids is 1. The molecule has 1 aromatic heterocycles. The summed E-state index contributed by atoms with van der Waals surface area (Å²) in [5.74, 6) is -0.974. The van der Waals surface area contributed by atoms with Crippen LogP contribution in [0.4, 0.5) is 0 Å². The second-order valence-corrected chi connectivity index (χ2v) is 4.55. The molecule has 0 radical (unpaired) electrons. The van der Waals surface area contributed by atoms with Crippen molar-refractivity contribution in [3.05, 3.63) is 29.6 Å². The zero-order valence-corrected chi connectivity index (χ0v) is 10.1. The first kappa shape index (κ1) is 13.6. The van der Waals surface area contributed by atoms with Crippen LogP contribution in [0.1, 0.15) is 36.3 Å². The molecule has 1 rings (SSSR count). The summed E-state index contributed by atoms with van der Waals surface area (Å²) in [5.41, 5.74) is 0.798. The number of hydrogen-bond donors (Lipinski definition) is 3. The highest BCUT2D eigenvalue weighted by Gasteiger charge is 2.16. The zero-order chi connectivity index (χ0) is 12.9. The van der Waals surface area contributed by atoms with Crippen LogP contribution in [0.15, 0.2) is 18.3 Å². The maximum absolute atomic E-state index is 10.6. The van der Waals surface area contributed by atoms with E-state index < -0.39 is 5.97 Å². The lowest BCUT2D eigenvalue weighted by molar-refractivity contribution is 0.0696. The third-order valence-corrected chi connectivity index (χ3v) is 2.56. The molecule has 0 aromatic carbocycles. The summed E-state index contributed by atoms with van der Waals surface area (Å²) in [5, 5.41) is 20.9. The van der Waals surface area contributed by atoms with E-state index in [2.05, 4.69) is 10.3 Å². The van der Waals surface area contributed by atoms with E-state index in [1.165, 1.54) is 12.3 Å². The van der Waals surface area contributed by atoms with Crippen LogP contribution >= 0.6 is 0 Å². The van der Waals surface area contributed by atoms with E-state index in [-0.39, 0.29) is 17.7 Å². The lowest BCUT2D eigenvalue weighted by Crippen LogP contribution is -2.39. The summed E-state index contributed by atoms with van der Waals surface area (Å²) in [7, 11) is 0. The average Bonchev–Trinajstić information content (AvgIpc) is 2.27. The number of hydrogen-bond acceptors (Lipinski definition) is 4. The standard InChI is InChI=1S/C12H18N2O3/c1-12(2,5-6-15)14-8-10-4-3-9(7-13-10)11(16)17/h3-4,7,14-15H,5-6,8H2,1-2H3,(H,16,17). The fourth-order valence-electron chi connectivity index (χ4n) is 1.35. The van der Waals surface area contributed by atoms with Gasteiger partial charge in [0, 0.05) is 24.9 Å². The minimum atomic E-state index is -0.974. The number of nitrogens with one attached hydrogen (secondary N) is 1. The van der Waals surface area contributed by atoms with Crippen LogP contribution in [0.25, 0.3) is 0 Å². The normalized spacial score (nSPS) is 11.5. The second-order valence-electron chi connectivity index (χ2n) is 4.55. The van der Waals surface area contributed by atoms with E-state index >= 15 is 0 Å². The summed E-state index contributed by atoms with van der Waals surface area (Å²) in [4.78, 5) is 14.7. The van der Waals surface area contributed by atoms with Crippen LogP contribution in [-0.4, -0.2) is 33.3 Å².